The topological polar surface area (TPSA) is 103 Å². The fourth-order valence-electron chi connectivity index (χ4n) is 4.52. The Hall–Kier alpha value is -4.02. The lowest BCUT2D eigenvalue weighted by atomic mass is 10.1. The van der Waals surface area contributed by atoms with Gasteiger partial charge in [0.25, 0.3) is 5.91 Å². The predicted molar refractivity (Wildman–Crippen MR) is 138 cm³/mol. The number of likely N-dealkylation sites (tertiary alicyclic amines) is 2. The maximum absolute atomic E-state index is 13.7. The van der Waals surface area contributed by atoms with E-state index in [4.69, 9.17) is 4.74 Å². The number of carbonyl (C=O) groups excluding carboxylic acids is 3. The number of amides is 3. The van der Waals surface area contributed by atoms with E-state index in [1.54, 1.807) is 29.2 Å². The van der Waals surface area contributed by atoms with E-state index in [0.29, 0.717) is 50.0 Å². The van der Waals surface area contributed by atoms with Gasteiger partial charge in [0, 0.05) is 37.0 Å². The molecule has 0 bridgehead atoms. The van der Waals surface area contributed by atoms with E-state index in [9.17, 15) is 23.2 Å². The third kappa shape index (κ3) is 7.05. The highest BCUT2D eigenvalue weighted by Crippen LogP contribution is 2.19. The lowest BCUT2D eigenvalue weighted by molar-refractivity contribution is -0.140. The van der Waals surface area contributed by atoms with Gasteiger partial charge in [-0.3, -0.25) is 19.7 Å². The van der Waals surface area contributed by atoms with E-state index in [1.807, 2.05) is 0 Å². The molecule has 11 heteroatoms. The summed E-state index contributed by atoms with van der Waals surface area (Å²) in [5.74, 6) is -2.43. The number of carbonyl (C=O) groups is 3. The number of halogens is 2. The van der Waals surface area contributed by atoms with Crippen LogP contribution in [0.25, 0.3) is 0 Å². The average Bonchev–Trinajstić information content (AvgIpc) is 3.39. The number of aliphatic imine (C=N–C) groups is 1. The van der Waals surface area contributed by atoms with Gasteiger partial charge in [0.05, 0.1) is 13.7 Å². The van der Waals surface area contributed by atoms with Crippen LogP contribution in [0.2, 0.25) is 0 Å². The van der Waals surface area contributed by atoms with E-state index in [1.165, 1.54) is 12.0 Å². The highest BCUT2D eigenvalue weighted by molar-refractivity contribution is 6.10. The molecule has 9 nitrogen and oxygen atoms in total. The minimum Gasteiger partial charge on any atom is -0.497 e. The molecule has 2 N–H and O–H groups in total. The molecular weight excluding hydrogens is 496 g/mol. The lowest BCUT2D eigenvalue weighted by Crippen LogP contribution is -2.45. The molecule has 202 valence electrons. The van der Waals surface area contributed by atoms with E-state index in [0.717, 1.165) is 31.4 Å². The van der Waals surface area contributed by atoms with Crippen LogP contribution in [0.4, 0.5) is 14.5 Å². The van der Waals surface area contributed by atoms with Crippen molar-refractivity contribution in [2.45, 2.75) is 38.1 Å². The Balaban J connectivity index is 1.57. The molecule has 0 radical (unpaired) electrons. The number of nitrogens with zero attached hydrogens (tertiary/aromatic N) is 3. The zero-order valence-corrected chi connectivity index (χ0v) is 21.2. The Bertz CT molecular complexity index is 1180. The number of benzene rings is 2. The lowest BCUT2D eigenvalue weighted by Gasteiger charge is -2.25. The van der Waals surface area contributed by atoms with Gasteiger partial charge in [-0.1, -0.05) is 0 Å². The number of rotatable bonds is 6. The zero-order chi connectivity index (χ0) is 27.1. The summed E-state index contributed by atoms with van der Waals surface area (Å²) in [6.07, 6.45) is 3.77. The number of hydrogen-bond donors (Lipinski definition) is 2. The van der Waals surface area contributed by atoms with Gasteiger partial charge in [-0.05, 0) is 68.5 Å². The summed E-state index contributed by atoms with van der Waals surface area (Å²) in [5.41, 5.74) is 0.300. The van der Waals surface area contributed by atoms with Gasteiger partial charge < -0.3 is 19.9 Å². The quantitative estimate of drug-likeness (QED) is 0.444. The highest BCUT2D eigenvalue weighted by atomic mass is 19.1. The maximum atomic E-state index is 13.7. The van der Waals surface area contributed by atoms with Crippen molar-refractivity contribution >= 4 is 29.4 Å². The smallest absolute Gasteiger partial charge is 0.258 e. The highest BCUT2D eigenvalue weighted by Gasteiger charge is 2.30. The number of nitrogens with one attached hydrogen (secondary N) is 2. The first kappa shape index (κ1) is 27.0. The van der Waals surface area contributed by atoms with E-state index < -0.39 is 23.6 Å². The predicted octanol–water partition coefficient (Wildman–Crippen LogP) is 3.17. The fraction of sp³-hybridized carbons (Fsp3) is 0.407. The van der Waals surface area contributed by atoms with E-state index in [2.05, 4.69) is 15.6 Å². The summed E-state index contributed by atoms with van der Waals surface area (Å²) in [6.45, 7) is 1.83. The maximum Gasteiger partial charge on any atom is 0.258 e. The van der Waals surface area contributed by atoms with Gasteiger partial charge in [0.1, 0.15) is 23.4 Å². The molecule has 0 unspecified atom stereocenters. The van der Waals surface area contributed by atoms with Crippen LogP contribution in [-0.4, -0.2) is 72.8 Å². The third-order valence-electron chi connectivity index (χ3n) is 6.53. The molecule has 2 fully saturated rings. The Morgan fingerprint density at radius 2 is 1.66 bits per heavy atom. The van der Waals surface area contributed by atoms with Gasteiger partial charge in [-0.15, -0.1) is 0 Å². The second-order valence-corrected chi connectivity index (χ2v) is 9.30. The van der Waals surface area contributed by atoms with Crippen LogP contribution < -0.4 is 15.4 Å². The van der Waals surface area contributed by atoms with E-state index in [-0.39, 0.29) is 29.9 Å². The molecule has 38 heavy (non-hydrogen) atoms. The van der Waals surface area contributed by atoms with Crippen LogP contribution in [-0.2, 0) is 9.59 Å². The molecule has 0 spiro atoms. The van der Waals surface area contributed by atoms with Crippen LogP contribution in [0.5, 0.6) is 5.75 Å². The van der Waals surface area contributed by atoms with Crippen molar-refractivity contribution in [2.24, 2.45) is 4.99 Å². The van der Waals surface area contributed by atoms with Crippen molar-refractivity contribution in [1.29, 1.82) is 0 Å². The second kappa shape index (κ2) is 12.5. The fourth-order valence-corrected chi connectivity index (χ4v) is 4.52. The first-order chi connectivity index (χ1) is 18.3. The molecule has 2 aromatic rings. The molecule has 2 aromatic carbocycles. The molecule has 1 atom stereocenters. The molecule has 2 aliphatic heterocycles. The van der Waals surface area contributed by atoms with Crippen molar-refractivity contribution in [3.63, 3.8) is 0 Å². The Kier molecular flexibility index (Phi) is 8.88. The minimum atomic E-state index is -0.894. The Morgan fingerprint density at radius 3 is 2.32 bits per heavy atom. The molecule has 2 heterocycles. The van der Waals surface area contributed by atoms with Crippen LogP contribution in [0.3, 0.4) is 0 Å². The number of ether oxygens (including phenoxy) is 1. The SMILES string of the molecule is COc1ccc(NC(=N[C@H]2CCCCN(CC(=O)N3CCCC3)C2=O)NC(=O)c2cc(F)cc(F)c2)cc1. The third-order valence-corrected chi connectivity index (χ3v) is 6.53. The molecule has 0 saturated carbocycles. The molecule has 0 aromatic heterocycles. The van der Waals surface area contributed by atoms with Gasteiger partial charge in [0.15, 0.2) is 0 Å². The summed E-state index contributed by atoms with van der Waals surface area (Å²) >= 11 is 0. The van der Waals surface area contributed by atoms with Crippen LogP contribution in [0, 0.1) is 11.6 Å². The Labute approximate surface area is 219 Å². The number of methoxy groups -OCH3 is 1. The van der Waals surface area contributed by atoms with Crippen molar-refractivity contribution in [3.05, 3.63) is 59.7 Å². The molecule has 3 amide bonds. The van der Waals surface area contributed by atoms with Crippen molar-refractivity contribution in [1.82, 2.24) is 15.1 Å². The minimum absolute atomic E-state index is 0.0129. The standard InChI is InChI=1S/C27H31F2N5O4/c1-38-22-9-7-21(8-10-22)30-27(32-25(36)18-14-19(28)16-20(29)15-18)31-23-6-2-3-13-34(26(23)37)17-24(35)33-11-4-5-12-33/h7-10,14-16,23H,2-6,11-13,17H2,1H3,(H2,30,31,32,36)/t23-/m0/s1. The van der Waals surface area contributed by atoms with Gasteiger partial charge in [-0.25, -0.2) is 13.8 Å². The number of guanidine groups is 1. The van der Waals surface area contributed by atoms with E-state index >= 15 is 0 Å². The summed E-state index contributed by atoms with van der Waals surface area (Å²) < 4.78 is 32.6. The first-order valence-corrected chi connectivity index (χ1v) is 12.7. The van der Waals surface area contributed by atoms with Crippen molar-refractivity contribution in [3.8, 4) is 5.75 Å². The largest absolute Gasteiger partial charge is 0.497 e. The summed E-state index contributed by atoms with van der Waals surface area (Å²) in [4.78, 5) is 46.8. The summed E-state index contributed by atoms with van der Waals surface area (Å²) in [5, 5.41) is 5.52. The van der Waals surface area contributed by atoms with Crippen LogP contribution in [0.15, 0.2) is 47.5 Å². The summed E-state index contributed by atoms with van der Waals surface area (Å²) in [7, 11) is 1.53. The van der Waals surface area contributed by atoms with Gasteiger partial charge in [-0.2, -0.15) is 0 Å². The Morgan fingerprint density at radius 1 is 1.00 bits per heavy atom. The monoisotopic (exact) mass is 527 g/mol. The second-order valence-electron chi connectivity index (χ2n) is 9.30. The molecule has 4 rings (SSSR count). The molecule has 2 saturated heterocycles. The van der Waals surface area contributed by atoms with Crippen molar-refractivity contribution < 1.29 is 27.9 Å². The number of hydrogen-bond acceptors (Lipinski definition) is 5. The zero-order valence-electron chi connectivity index (χ0n) is 21.2. The van der Waals surface area contributed by atoms with Gasteiger partial charge >= 0.3 is 0 Å². The van der Waals surface area contributed by atoms with Crippen LogP contribution in [0.1, 0.15) is 42.5 Å². The molecule has 0 aliphatic carbocycles. The number of anilines is 1. The van der Waals surface area contributed by atoms with Crippen molar-refractivity contribution in [2.75, 3.05) is 38.6 Å². The molecule has 2 aliphatic rings. The summed E-state index contributed by atoms with van der Waals surface area (Å²) in [6, 6.07) is 8.42. The molecular formula is C27H31F2N5O4. The average molecular weight is 528 g/mol. The normalized spacial score (nSPS) is 18.2. The van der Waals surface area contributed by atoms with Crippen LogP contribution >= 0.6 is 0 Å². The van der Waals surface area contributed by atoms with Gasteiger partial charge in [0.2, 0.25) is 17.8 Å². The first-order valence-electron chi connectivity index (χ1n) is 12.7.